The van der Waals surface area contributed by atoms with Crippen LogP contribution in [0.1, 0.15) is 36.4 Å². The topological polar surface area (TPSA) is 98.0 Å². The molecule has 3 aliphatic heterocycles. The molecule has 3 heterocycles. The zero-order valence-corrected chi connectivity index (χ0v) is 22.9. The molecule has 0 unspecified atom stereocenters. The van der Waals surface area contributed by atoms with E-state index < -0.39 is 41.7 Å². The molecule has 1 aliphatic carbocycles. The third kappa shape index (κ3) is 4.70. The van der Waals surface area contributed by atoms with Gasteiger partial charge >= 0.3 is 0 Å². The molecular weight excluding hydrogens is 554 g/mol. The zero-order valence-electron chi connectivity index (χ0n) is 22.9. The third-order valence-corrected chi connectivity index (χ3v) is 8.35. The van der Waals surface area contributed by atoms with Gasteiger partial charge in [-0.05, 0) is 78.4 Å². The molecule has 43 heavy (non-hydrogen) atoms. The summed E-state index contributed by atoms with van der Waals surface area (Å²) in [5, 5.41) is 15.6. The van der Waals surface area contributed by atoms with E-state index in [1.165, 1.54) is 34.3 Å². The Morgan fingerprint density at radius 1 is 0.884 bits per heavy atom. The molecule has 2 fully saturated rings. The average Bonchev–Trinajstić information content (AvgIpc) is 3.68. The number of halogens is 2. The fraction of sp³-hybridized carbons (Fsp3) is 0.250. The lowest BCUT2D eigenvalue weighted by atomic mass is 9.77. The lowest BCUT2D eigenvalue weighted by Crippen LogP contribution is -2.45. The van der Waals surface area contributed by atoms with Gasteiger partial charge in [-0.25, -0.2) is 18.7 Å². The lowest BCUT2D eigenvalue weighted by molar-refractivity contribution is -0.136. The average molecular weight is 581 g/mol. The summed E-state index contributed by atoms with van der Waals surface area (Å²) in [4.78, 5) is 41.5. The minimum absolute atomic E-state index is 0.147. The van der Waals surface area contributed by atoms with E-state index in [1.54, 1.807) is 54.6 Å². The van der Waals surface area contributed by atoms with Gasteiger partial charge in [0.2, 0.25) is 0 Å². The van der Waals surface area contributed by atoms with Crippen LogP contribution in [0.4, 0.5) is 14.5 Å². The van der Waals surface area contributed by atoms with Gasteiger partial charge in [0, 0.05) is 5.92 Å². The van der Waals surface area contributed by atoms with E-state index in [9.17, 15) is 23.2 Å². The molecule has 0 radical (unpaired) electrons. The molecule has 0 N–H and O–H groups in total. The van der Waals surface area contributed by atoms with E-state index in [2.05, 4.69) is 10.3 Å². The Morgan fingerprint density at radius 3 is 2.30 bits per heavy atom. The Hall–Kier alpha value is -5.06. The number of nitrogens with zero attached hydrogens (tertiary/aromatic N) is 6. The summed E-state index contributed by atoms with van der Waals surface area (Å²) >= 11 is 0. The maximum absolute atomic E-state index is 14.0. The quantitative estimate of drug-likeness (QED) is 0.393. The van der Waals surface area contributed by atoms with Crippen molar-refractivity contribution in [2.45, 2.75) is 37.4 Å². The highest BCUT2D eigenvalue weighted by atomic mass is 19.1. The third-order valence-electron chi connectivity index (χ3n) is 8.35. The summed E-state index contributed by atoms with van der Waals surface area (Å²) in [5.41, 5.74) is 3.67. The van der Waals surface area contributed by atoms with Crippen molar-refractivity contribution in [1.82, 2.24) is 10.0 Å². The summed E-state index contributed by atoms with van der Waals surface area (Å²) in [6.07, 6.45) is 4.31. The molecule has 1 saturated heterocycles. The number of carbonyl (C=O) groups is 3. The number of imide groups is 1. The van der Waals surface area contributed by atoms with Gasteiger partial charge in [-0.15, -0.1) is 0 Å². The number of rotatable bonds is 5. The van der Waals surface area contributed by atoms with Crippen molar-refractivity contribution < 1.29 is 23.2 Å². The smallest absolute Gasteiger partial charge is 0.264 e. The fourth-order valence-corrected chi connectivity index (χ4v) is 6.36. The first-order valence-electron chi connectivity index (χ1n) is 14.1. The number of hydrogen-bond donors (Lipinski definition) is 0. The normalized spacial score (nSPS) is 25.4. The molecule has 7 rings (SSSR count). The van der Waals surface area contributed by atoms with Crippen LogP contribution in [0, 0.1) is 17.6 Å². The van der Waals surface area contributed by atoms with Gasteiger partial charge in [0.05, 0.1) is 17.4 Å². The maximum atomic E-state index is 14.0. The number of hydrazone groups is 1. The lowest BCUT2D eigenvalue weighted by Gasteiger charge is -2.30. The first-order chi connectivity index (χ1) is 20.9. The Kier molecular flexibility index (Phi) is 6.64. The van der Waals surface area contributed by atoms with Gasteiger partial charge < -0.3 is 0 Å². The van der Waals surface area contributed by atoms with Gasteiger partial charge in [-0.3, -0.25) is 19.4 Å². The highest BCUT2D eigenvalue weighted by molar-refractivity contribution is 6.25. The van der Waals surface area contributed by atoms with Gasteiger partial charge in [0.1, 0.15) is 18.2 Å². The standard InChI is InChI=1S/C32H26F2N6O3/c33-22-13-9-19(10-14-22)17-21-5-4-8-25-27(21)36-40(29(25)20-11-15-23(34)16-12-20)26(41)18-38-30-28(35-37-38)31(42)39(32(30)43)24-6-2-1-3-7-24/h1-3,6-7,9-17,25,28-30H,4-5,8,18H2/b21-17+/t25-,28-,29-,30+/m1/s1. The molecule has 1 saturated carbocycles. The summed E-state index contributed by atoms with van der Waals surface area (Å²) < 4.78 is 27.4. The predicted octanol–water partition coefficient (Wildman–Crippen LogP) is 5.08. The number of hydrogen-bond acceptors (Lipinski definition) is 7. The molecule has 216 valence electrons. The molecule has 3 aromatic carbocycles. The number of benzene rings is 3. The minimum Gasteiger partial charge on any atom is -0.271 e. The molecule has 3 aromatic rings. The number of allylic oxidation sites excluding steroid dienone is 1. The molecule has 11 heteroatoms. The minimum atomic E-state index is -1.04. The van der Waals surface area contributed by atoms with Gasteiger partial charge in [0.15, 0.2) is 12.1 Å². The Labute approximate surface area is 245 Å². The van der Waals surface area contributed by atoms with Crippen molar-refractivity contribution in [3.05, 3.63) is 107 Å². The van der Waals surface area contributed by atoms with Crippen molar-refractivity contribution >= 4 is 35.2 Å². The van der Waals surface area contributed by atoms with Crippen molar-refractivity contribution in [2.24, 2.45) is 21.4 Å². The number of para-hydroxylation sites is 1. The Bertz CT molecular complexity index is 1690. The second kappa shape index (κ2) is 10.6. The van der Waals surface area contributed by atoms with Gasteiger partial charge in [0.25, 0.3) is 17.7 Å². The molecule has 3 amide bonds. The van der Waals surface area contributed by atoms with E-state index in [-0.39, 0.29) is 18.3 Å². The van der Waals surface area contributed by atoms with Crippen molar-refractivity contribution in [2.75, 3.05) is 11.4 Å². The van der Waals surface area contributed by atoms with Crippen LogP contribution >= 0.6 is 0 Å². The first kappa shape index (κ1) is 26.8. The molecule has 0 spiro atoms. The van der Waals surface area contributed by atoms with Crippen LogP contribution in [0.3, 0.4) is 0 Å². The second-order valence-corrected chi connectivity index (χ2v) is 11.0. The highest BCUT2D eigenvalue weighted by Gasteiger charge is 2.55. The molecule has 9 nitrogen and oxygen atoms in total. The molecule has 0 aromatic heterocycles. The van der Waals surface area contributed by atoms with E-state index in [0.29, 0.717) is 5.69 Å². The van der Waals surface area contributed by atoms with E-state index in [1.807, 2.05) is 6.08 Å². The summed E-state index contributed by atoms with van der Waals surface area (Å²) in [6, 6.07) is 18.2. The van der Waals surface area contributed by atoms with Crippen LogP contribution in [-0.4, -0.2) is 52.1 Å². The van der Waals surface area contributed by atoms with Crippen molar-refractivity contribution in [1.29, 1.82) is 0 Å². The monoisotopic (exact) mass is 580 g/mol. The first-order valence-corrected chi connectivity index (χ1v) is 14.1. The van der Waals surface area contributed by atoms with Crippen LogP contribution in [0.15, 0.2) is 99.9 Å². The Balaban J connectivity index is 1.19. The van der Waals surface area contributed by atoms with Crippen LogP contribution in [0.2, 0.25) is 0 Å². The van der Waals surface area contributed by atoms with Crippen LogP contribution in [0.25, 0.3) is 6.08 Å². The highest BCUT2D eigenvalue weighted by Crippen LogP contribution is 2.45. The van der Waals surface area contributed by atoms with Crippen LogP contribution < -0.4 is 4.90 Å². The largest absolute Gasteiger partial charge is 0.271 e. The SMILES string of the molecule is O=C1[C@@H]2[C@@H](N=NN2CC(=O)N2N=C3/C(=C/c4ccc(F)cc4)CCC[C@H]3[C@H]2c2ccc(F)cc2)C(=O)N1c1ccccc1. The number of carbonyl (C=O) groups excluding carboxylic acids is 3. The Morgan fingerprint density at radius 2 is 1.58 bits per heavy atom. The zero-order chi connectivity index (χ0) is 29.7. The summed E-state index contributed by atoms with van der Waals surface area (Å²) in [7, 11) is 0. The molecule has 4 atom stereocenters. The van der Waals surface area contributed by atoms with E-state index in [4.69, 9.17) is 5.10 Å². The summed E-state index contributed by atoms with van der Waals surface area (Å²) in [5.74, 6) is -2.29. The van der Waals surface area contributed by atoms with Crippen LogP contribution in [0.5, 0.6) is 0 Å². The maximum Gasteiger partial charge on any atom is 0.264 e. The molecular formula is C32H26F2N6O3. The molecule has 4 aliphatic rings. The fourth-order valence-electron chi connectivity index (χ4n) is 6.36. The van der Waals surface area contributed by atoms with Crippen molar-refractivity contribution in [3.63, 3.8) is 0 Å². The van der Waals surface area contributed by atoms with Gasteiger partial charge in [-0.1, -0.05) is 47.7 Å². The van der Waals surface area contributed by atoms with Gasteiger partial charge in [-0.2, -0.15) is 10.2 Å². The second-order valence-electron chi connectivity index (χ2n) is 11.0. The predicted molar refractivity (Wildman–Crippen MR) is 153 cm³/mol. The van der Waals surface area contributed by atoms with E-state index in [0.717, 1.165) is 46.6 Å². The van der Waals surface area contributed by atoms with Crippen molar-refractivity contribution in [3.8, 4) is 0 Å². The molecule has 0 bridgehead atoms. The van der Waals surface area contributed by atoms with E-state index >= 15 is 0 Å². The number of amides is 3. The summed E-state index contributed by atoms with van der Waals surface area (Å²) in [6.45, 7) is -0.329. The number of fused-ring (bicyclic) bond motifs is 2. The number of anilines is 1. The van der Waals surface area contributed by atoms with Crippen LogP contribution in [-0.2, 0) is 14.4 Å².